The topological polar surface area (TPSA) is 73.2 Å². The number of carbonyl (C=O) groups excluding carboxylic acids is 2. The average molecular weight is 530 g/mol. The van der Waals surface area contributed by atoms with E-state index in [-0.39, 0.29) is 11.5 Å². The van der Waals surface area contributed by atoms with Crippen molar-refractivity contribution in [3.05, 3.63) is 105 Å². The molecule has 1 N–H and O–H groups in total. The Morgan fingerprint density at radius 2 is 1.78 bits per heavy atom. The van der Waals surface area contributed by atoms with Crippen LogP contribution in [0.1, 0.15) is 36.5 Å². The van der Waals surface area contributed by atoms with E-state index < -0.39 is 11.2 Å². The summed E-state index contributed by atoms with van der Waals surface area (Å²) in [6, 6.07) is 24.5. The van der Waals surface area contributed by atoms with Crippen molar-refractivity contribution in [1.82, 2.24) is 0 Å². The van der Waals surface area contributed by atoms with E-state index in [9.17, 15) is 14.9 Å². The van der Waals surface area contributed by atoms with Gasteiger partial charge in [-0.3, -0.25) is 14.5 Å². The van der Waals surface area contributed by atoms with Crippen molar-refractivity contribution in [1.29, 1.82) is 5.26 Å². The normalized spacial score (nSPS) is 16.4. The zero-order chi connectivity index (χ0) is 26.4. The third kappa shape index (κ3) is 6.25. The molecule has 37 heavy (non-hydrogen) atoms. The Morgan fingerprint density at radius 3 is 2.43 bits per heavy atom. The molecule has 0 bridgehead atoms. The number of carbonyl (C=O) groups is 2. The Kier molecular flexibility index (Phi) is 8.70. The van der Waals surface area contributed by atoms with E-state index in [0.29, 0.717) is 27.8 Å². The number of unbranched alkanes of at least 4 members (excludes halogenated alkanes) is 1. The maximum absolute atomic E-state index is 13.6. The summed E-state index contributed by atoms with van der Waals surface area (Å²) in [5, 5.41) is 13.3. The minimum atomic E-state index is -0.543. The first-order valence-electron chi connectivity index (χ1n) is 12.3. The molecule has 1 heterocycles. The lowest BCUT2D eigenvalue weighted by Gasteiger charge is -2.18. The Bertz CT molecular complexity index is 1360. The first-order chi connectivity index (χ1) is 17.9. The molecule has 1 atom stereocenters. The van der Waals surface area contributed by atoms with E-state index in [2.05, 4.69) is 18.3 Å². The minimum Gasteiger partial charge on any atom is -0.321 e. The summed E-state index contributed by atoms with van der Waals surface area (Å²) in [6.45, 7) is 4.08. The van der Waals surface area contributed by atoms with Gasteiger partial charge in [-0.25, -0.2) is 0 Å². The highest BCUT2D eigenvalue weighted by Gasteiger charge is 2.40. The van der Waals surface area contributed by atoms with Gasteiger partial charge >= 0.3 is 0 Å². The Balaban J connectivity index is 1.64. The third-order valence-corrected chi connectivity index (χ3v) is 7.88. The number of amides is 2. The number of thioether (sulfide) groups is 1. The van der Waals surface area contributed by atoms with Gasteiger partial charge < -0.3 is 5.32 Å². The van der Waals surface area contributed by atoms with Crippen LogP contribution in [-0.4, -0.2) is 17.1 Å². The molecule has 1 aliphatic heterocycles. The van der Waals surface area contributed by atoms with Crippen LogP contribution in [-0.2, 0) is 22.4 Å². The molecule has 7 heteroatoms. The number of para-hydroxylation sites is 1. The summed E-state index contributed by atoms with van der Waals surface area (Å²) in [6.07, 6.45) is 3.63. The number of aryl methyl sites for hydroxylation is 2. The predicted molar refractivity (Wildman–Crippen MR) is 152 cm³/mol. The number of benzene rings is 3. The predicted octanol–water partition coefficient (Wildman–Crippen LogP) is 7.06. The van der Waals surface area contributed by atoms with Gasteiger partial charge in [-0.1, -0.05) is 79.2 Å². The van der Waals surface area contributed by atoms with Crippen molar-refractivity contribution in [3.63, 3.8) is 0 Å². The molecule has 3 aromatic carbocycles. The lowest BCUT2D eigenvalue weighted by molar-refractivity contribution is -0.117. The van der Waals surface area contributed by atoms with E-state index in [4.69, 9.17) is 11.6 Å². The zero-order valence-electron chi connectivity index (χ0n) is 20.8. The molecular formula is C30H28ClN3O2S. The van der Waals surface area contributed by atoms with Gasteiger partial charge in [0.05, 0.1) is 5.25 Å². The van der Waals surface area contributed by atoms with E-state index in [1.807, 2.05) is 67.6 Å². The van der Waals surface area contributed by atoms with Gasteiger partial charge in [-0.05, 0) is 73.2 Å². The Hall–Kier alpha value is -3.53. The van der Waals surface area contributed by atoms with Gasteiger partial charge in [0.25, 0.3) is 5.91 Å². The van der Waals surface area contributed by atoms with Crippen LogP contribution in [0, 0.1) is 18.3 Å². The molecule has 4 rings (SSSR count). The molecule has 3 aromatic rings. The van der Waals surface area contributed by atoms with E-state index in [1.165, 1.54) is 22.2 Å². The largest absolute Gasteiger partial charge is 0.321 e. The summed E-state index contributed by atoms with van der Waals surface area (Å²) >= 11 is 7.55. The minimum absolute atomic E-state index is 0.0956. The molecule has 1 aliphatic rings. The van der Waals surface area contributed by atoms with E-state index in [1.54, 1.807) is 12.1 Å². The van der Waals surface area contributed by atoms with E-state index >= 15 is 0 Å². The highest BCUT2D eigenvalue weighted by Crippen LogP contribution is 2.42. The number of nitrogens with one attached hydrogen (secondary N) is 1. The zero-order valence-corrected chi connectivity index (χ0v) is 22.4. The fraction of sp³-hybridized carbons (Fsp3) is 0.233. The van der Waals surface area contributed by atoms with Crippen molar-refractivity contribution in [2.75, 3.05) is 10.2 Å². The molecule has 1 saturated heterocycles. The van der Waals surface area contributed by atoms with Crippen LogP contribution < -0.4 is 10.2 Å². The molecule has 0 spiro atoms. The number of nitrogens with zero attached hydrogens (tertiary/aromatic N) is 2. The third-order valence-electron chi connectivity index (χ3n) is 6.21. The summed E-state index contributed by atoms with van der Waals surface area (Å²) in [5.41, 5.74) is 4.20. The van der Waals surface area contributed by atoms with Crippen molar-refractivity contribution >= 4 is 46.6 Å². The lowest BCUT2D eigenvalue weighted by Crippen LogP contribution is -2.30. The van der Waals surface area contributed by atoms with Crippen LogP contribution >= 0.6 is 23.4 Å². The molecule has 2 amide bonds. The van der Waals surface area contributed by atoms with Crippen molar-refractivity contribution in [3.8, 4) is 6.07 Å². The molecule has 0 radical (unpaired) electrons. The highest BCUT2D eigenvalue weighted by molar-refractivity contribution is 8.05. The summed E-state index contributed by atoms with van der Waals surface area (Å²) in [4.78, 5) is 28.3. The lowest BCUT2D eigenvalue weighted by atomic mass is 10.1. The second kappa shape index (κ2) is 12.1. The highest BCUT2D eigenvalue weighted by atomic mass is 35.5. The van der Waals surface area contributed by atoms with Gasteiger partial charge in [0, 0.05) is 16.4 Å². The molecule has 188 valence electrons. The molecular weight excluding hydrogens is 502 g/mol. The quantitative estimate of drug-likeness (QED) is 0.250. The van der Waals surface area contributed by atoms with Gasteiger partial charge in [-0.2, -0.15) is 5.26 Å². The Morgan fingerprint density at radius 1 is 1.08 bits per heavy atom. The van der Waals surface area contributed by atoms with Gasteiger partial charge in [0.1, 0.15) is 16.7 Å². The SMILES string of the molecule is CCCCc1ccc(NC(=O)/C(C#N)=C2\SC(Cc3ccc(C)c(Cl)c3)C(=O)N2c2ccccc2)cc1. The summed E-state index contributed by atoms with van der Waals surface area (Å²) in [5.74, 6) is -0.720. The maximum atomic E-state index is 13.6. The number of nitriles is 1. The number of anilines is 2. The monoisotopic (exact) mass is 529 g/mol. The Labute approximate surface area is 227 Å². The van der Waals surface area contributed by atoms with Crippen molar-refractivity contribution in [2.24, 2.45) is 0 Å². The number of halogens is 1. The van der Waals surface area contributed by atoms with Crippen LogP contribution in [0.3, 0.4) is 0 Å². The molecule has 1 unspecified atom stereocenters. The first-order valence-corrected chi connectivity index (χ1v) is 13.5. The second-order valence-corrected chi connectivity index (χ2v) is 10.5. The molecule has 0 aliphatic carbocycles. The van der Waals surface area contributed by atoms with Crippen LogP contribution in [0.15, 0.2) is 83.4 Å². The molecule has 1 fully saturated rings. The van der Waals surface area contributed by atoms with Crippen molar-refractivity contribution < 1.29 is 9.59 Å². The summed E-state index contributed by atoms with van der Waals surface area (Å²) < 4.78 is 0. The number of hydrogen-bond acceptors (Lipinski definition) is 4. The fourth-order valence-electron chi connectivity index (χ4n) is 4.11. The average Bonchev–Trinajstić information content (AvgIpc) is 3.21. The molecule has 5 nitrogen and oxygen atoms in total. The van der Waals surface area contributed by atoms with Gasteiger partial charge in [0.2, 0.25) is 5.91 Å². The fourth-order valence-corrected chi connectivity index (χ4v) is 5.62. The first kappa shape index (κ1) is 26.5. The van der Waals surface area contributed by atoms with Crippen LogP contribution in [0.5, 0.6) is 0 Å². The smallest absolute Gasteiger partial charge is 0.269 e. The second-order valence-electron chi connectivity index (χ2n) is 8.95. The summed E-state index contributed by atoms with van der Waals surface area (Å²) in [7, 11) is 0. The number of hydrogen-bond donors (Lipinski definition) is 1. The van der Waals surface area contributed by atoms with Crippen molar-refractivity contribution in [2.45, 2.75) is 44.8 Å². The van der Waals surface area contributed by atoms with E-state index in [0.717, 1.165) is 30.4 Å². The standard InChI is InChI=1S/C30H28ClN3O2S/c1-3-4-8-21-13-15-23(16-14-21)33-28(35)25(19-32)30-34(24-9-6-5-7-10-24)29(36)27(37-30)18-22-12-11-20(2)26(31)17-22/h5-7,9-17,27H,3-4,8,18H2,1-2H3,(H,33,35)/b30-25-. The number of rotatable bonds is 8. The van der Waals surface area contributed by atoms with Gasteiger partial charge in [0.15, 0.2) is 0 Å². The van der Waals surface area contributed by atoms with Gasteiger partial charge in [-0.15, -0.1) is 0 Å². The van der Waals surface area contributed by atoms with Crippen LogP contribution in [0.2, 0.25) is 5.02 Å². The maximum Gasteiger partial charge on any atom is 0.269 e. The van der Waals surface area contributed by atoms with Crippen LogP contribution in [0.4, 0.5) is 11.4 Å². The molecule has 0 saturated carbocycles. The van der Waals surface area contributed by atoms with Crippen LogP contribution in [0.25, 0.3) is 0 Å². The molecule has 0 aromatic heterocycles.